The van der Waals surface area contributed by atoms with Gasteiger partial charge in [0.1, 0.15) is 6.73 Å². The second kappa shape index (κ2) is 10.3. The van der Waals surface area contributed by atoms with Gasteiger partial charge >= 0.3 is 0 Å². The van der Waals surface area contributed by atoms with Crippen molar-refractivity contribution in [2.45, 2.75) is 23.5 Å². The lowest BCUT2D eigenvalue weighted by Gasteiger charge is -2.23. The number of likely N-dealkylation sites (N-methyl/N-ethyl adjacent to an activating group) is 1. The van der Waals surface area contributed by atoms with Crippen LogP contribution in [-0.4, -0.2) is 77.6 Å². The highest BCUT2D eigenvalue weighted by Gasteiger charge is 2.28. The number of aromatic nitrogens is 2. The number of benzene rings is 1. The predicted octanol–water partition coefficient (Wildman–Crippen LogP) is 2.43. The van der Waals surface area contributed by atoms with Crippen LogP contribution >= 0.6 is 11.8 Å². The van der Waals surface area contributed by atoms with Crippen molar-refractivity contribution >= 4 is 46.0 Å². The number of nitrogens with zero attached hydrogens (tertiary/aromatic N) is 4. The first-order valence-corrected chi connectivity index (χ1v) is 12.5. The van der Waals surface area contributed by atoms with Crippen LogP contribution in [-0.2, 0) is 14.3 Å². The van der Waals surface area contributed by atoms with Gasteiger partial charge in [-0.15, -0.1) is 11.8 Å². The highest BCUT2D eigenvalue weighted by molar-refractivity contribution is 8.00. The maximum Gasteiger partial charge on any atom is 0.234 e. The zero-order valence-electron chi connectivity index (χ0n) is 20.0. The summed E-state index contributed by atoms with van der Waals surface area (Å²) in [5.41, 5.74) is 3.50. The predicted molar refractivity (Wildman–Crippen MR) is 136 cm³/mol. The first-order chi connectivity index (χ1) is 17.4. The Balaban J connectivity index is 1.19. The zero-order chi connectivity index (χ0) is 25.2. The molecule has 4 heterocycles. The number of fused-ring (bicyclic) bond motifs is 2. The summed E-state index contributed by atoms with van der Waals surface area (Å²) >= 11 is 1.52. The molecule has 2 N–H and O–H groups in total. The first kappa shape index (κ1) is 24.3. The molecule has 10 nitrogen and oxygen atoms in total. The van der Waals surface area contributed by atoms with Gasteiger partial charge in [-0.05, 0) is 30.3 Å². The number of hydrogen-bond donors (Lipinski definition) is 2. The highest BCUT2D eigenvalue weighted by Crippen LogP contribution is 2.35. The van der Waals surface area contributed by atoms with Gasteiger partial charge in [0.2, 0.25) is 17.7 Å². The fraction of sp³-hybridized carbons (Fsp3) is 0.360. The lowest BCUT2D eigenvalue weighted by molar-refractivity contribution is -0.133. The number of thioether (sulfide) groups is 1. The third-order valence-electron chi connectivity index (χ3n) is 6.28. The zero-order valence-corrected chi connectivity index (χ0v) is 20.8. The van der Waals surface area contributed by atoms with Gasteiger partial charge in [-0.1, -0.05) is 0 Å². The standard InChI is InChI=1S/C25H27N5O5S/c1-29(12-20(31)17-7-8-26-18-4-6-23(34-2)28-25(17)18)24(33)10-16-11-30(14-35-16)15-3-5-21-19(9-15)27-22(32)13-36-21/h3-9,16,20,31H,10-14H2,1-2H3,(H,27,32). The normalized spacial score (nSPS) is 18.0. The lowest BCUT2D eigenvalue weighted by Crippen LogP contribution is -2.34. The molecule has 5 rings (SSSR count). The Bertz CT molecular complexity index is 1310. The third kappa shape index (κ3) is 5.08. The lowest BCUT2D eigenvalue weighted by atomic mass is 10.1. The topological polar surface area (TPSA) is 117 Å². The molecule has 2 aliphatic rings. The molecule has 36 heavy (non-hydrogen) atoms. The summed E-state index contributed by atoms with van der Waals surface area (Å²) in [7, 11) is 3.20. The SMILES string of the molecule is COc1ccc2nccc(C(O)CN(C)C(=O)CC3CN(c4ccc5c(c4)NC(=O)CS5)CO3)c2n1. The summed E-state index contributed by atoms with van der Waals surface area (Å²) in [5, 5.41) is 13.8. The minimum absolute atomic E-state index is 0.00861. The van der Waals surface area contributed by atoms with Gasteiger partial charge < -0.3 is 29.7 Å². The Labute approximate surface area is 212 Å². The van der Waals surface area contributed by atoms with Gasteiger partial charge in [-0.2, -0.15) is 0 Å². The van der Waals surface area contributed by atoms with E-state index < -0.39 is 6.10 Å². The minimum Gasteiger partial charge on any atom is -0.481 e. The van der Waals surface area contributed by atoms with Crippen molar-refractivity contribution in [1.82, 2.24) is 14.9 Å². The van der Waals surface area contributed by atoms with Crippen molar-refractivity contribution in [3.8, 4) is 5.88 Å². The molecular weight excluding hydrogens is 482 g/mol. The monoisotopic (exact) mass is 509 g/mol. The van der Waals surface area contributed by atoms with Crippen molar-refractivity contribution in [2.75, 3.05) is 49.9 Å². The van der Waals surface area contributed by atoms with Crippen molar-refractivity contribution in [2.24, 2.45) is 0 Å². The van der Waals surface area contributed by atoms with Crippen LogP contribution in [0.15, 0.2) is 47.5 Å². The maximum absolute atomic E-state index is 12.9. The van der Waals surface area contributed by atoms with Crippen LogP contribution in [0.25, 0.3) is 11.0 Å². The second-order valence-electron chi connectivity index (χ2n) is 8.77. The van der Waals surface area contributed by atoms with Crippen molar-refractivity contribution in [1.29, 1.82) is 0 Å². The number of carbonyl (C=O) groups excluding carboxylic acids is 2. The van der Waals surface area contributed by atoms with Gasteiger partial charge in [-0.25, -0.2) is 4.98 Å². The number of carbonyl (C=O) groups is 2. The third-order valence-corrected chi connectivity index (χ3v) is 7.36. The van der Waals surface area contributed by atoms with Gasteiger partial charge in [0, 0.05) is 42.0 Å². The van der Waals surface area contributed by atoms with Crippen LogP contribution in [0.3, 0.4) is 0 Å². The van der Waals surface area contributed by atoms with E-state index in [0.29, 0.717) is 41.5 Å². The van der Waals surface area contributed by atoms with Crippen LogP contribution < -0.4 is 15.0 Å². The molecule has 1 aromatic carbocycles. The van der Waals surface area contributed by atoms with Crippen molar-refractivity contribution in [3.05, 3.63) is 48.2 Å². The summed E-state index contributed by atoms with van der Waals surface area (Å²) in [6.07, 6.45) is 0.599. The summed E-state index contributed by atoms with van der Waals surface area (Å²) in [6.45, 7) is 1.02. The molecule has 2 amide bonds. The van der Waals surface area contributed by atoms with Crippen LogP contribution in [0.5, 0.6) is 5.88 Å². The average molecular weight is 510 g/mol. The average Bonchev–Trinajstić information content (AvgIpc) is 3.35. The van der Waals surface area contributed by atoms with E-state index >= 15 is 0 Å². The maximum atomic E-state index is 12.9. The van der Waals surface area contributed by atoms with E-state index in [0.717, 1.165) is 16.3 Å². The summed E-state index contributed by atoms with van der Waals surface area (Å²) in [4.78, 5) is 37.9. The molecule has 2 aromatic heterocycles. The highest BCUT2D eigenvalue weighted by atomic mass is 32.2. The number of methoxy groups -OCH3 is 1. The number of aliphatic hydroxyl groups excluding tert-OH is 1. The molecule has 188 valence electrons. The van der Waals surface area contributed by atoms with Crippen LogP contribution in [0.2, 0.25) is 0 Å². The summed E-state index contributed by atoms with van der Waals surface area (Å²) < 4.78 is 11.1. The molecule has 1 saturated heterocycles. The van der Waals surface area contributed by atoms with Gasteiger partial charge in [0.05, 0.1) is 54.8 Å². The molecule has 0 aliphatic carbocycles. The smallest absolute Gasteiger partial charge is 0.234 e. The molecule has 0 bridgehead atoms. The molecule has 1 fully saturated rings. The number of hydrogen-bond acceptors (Lipinski definition) is 9. The summed E-state index contributed by atoms with van der Waals surface area (Å²) in [5.74, 6) is 0.717. The van der Waals surface area contributed by atoms with Gasteiger partial charge in [-0.3, -0.25) is 14.6 Å². The molecule has 2 atom stereocenters. The summed E-state index contributed by atoms with van der Waals surface area (Å²) in [6, 6.07) is 11.1. The molecule has 2 unspecified atom stereocenters. The van der Waals surface area contributed by atoms with Gasteiger partial charge in [0.25, 0.3) is 0 Å². The molecule has 11 heteroatoms. The second-order valence-corrected chi connectivity index (χ2v) is 9.79. The molecule has 0 saturated carbocycles. The van der Waals surface area contributed by atoms with Crippen LogP contribution in [0, 0.1) is 0 Å². The number of nitrogens with one attached hydrogen (secondary N) is 1. The fourth-order valence-electron chi connectivity index (χ4n) is 4.34. The first-order valence-electron chi connectivity index (χ1n) is 11.6. The van der Waals surface area contributed by atoms with E-state index in [-0.39, 0.29) is 30.9 Å². The number of aliphatic hydroxyl groups is 1. The Kier molecular flexibility index (Phi) is 6.95. The van der Waals surface area contributed by atoms with E-state index in [1.807, 2.05) is 23.1 Å². The Morgan fingerprint density at radius 1 is 1.36 bits per heavy atom. The number of amides is 2. The van der Waals surface area contributed by atoms with E-state index in [1.165, 1.54) is 23.8 Å². The number of anilines is 2. The number of ether oxygens (including phenoxy) is 2. The van der Waals surface area contributed by atoms with E-state index in [1.54, 1.807) is 31.4 Å². The van der Waals surface area contributed by atoms with Crippen LogP contribution in [0.4, 0.5) is 11.4 Å². The molecule has 3 aromatic rings. The molecular formula is C25H27N5O5S. The quantitative estimate of drug-likeness (QED) is 0.495. The van der Waals surface area contributed by atoms with Crippen molar-refractivity contribution < 1.29 is 24.2 Å². The van der Waals surface area contributed by atoms with Crippen LogP contribution in [0.1, 0.15) is 18.1 Å². The van der Waals surface area contributed by atoms with Gasteiger partial charge in [0.15, 0.2) is 0 Å². The number of rotatable bonds is 7. The minimum atomic E-state index is -0.936. The van der Waals surface area contributed by atoms with E-state index in [4.69, 9.17) is 9.47 Å². The number of pyridine rings is 2. The molecule has 2 aliphatic heterocycles. The Hall–Kier alpha value is -3.41. The fourth-order valence-corrected chi connectivity index (χ4v) is 5.13. The van der Waals surface area contributed by atoms with E-state index in [9.17, 15) is 14.7 Å². The van der Waals surface area contributed by atoms with E-state index in [2.05, 4.69) is 15.3 Å². The van der Waals surface area contributed by atoms with Crippen molar-refractivity contribution in [3.63, 3.8) is 0 Å². The molecule has 0 spiro atoms. The largest absolute Gasteiger partial charge is 0.481 e. The Morgan fingerprint density at radius 3 is 3.06 bits per heavy atom. The Morgan fingerprint density at radius 2 is 2.22 bits per heavy atom. The molecule has 0 radical (unpaired) electrons.